The molecule has 8 heteroatoms. The van der Waals surface area contributed by atoms with Crippen molar-refractivity contribution in [2.24, 2.45) is 0 Å². The van der Waals surface area contributed by atoms with E-state index < -0.39 is 0 Å². The van der Waals surface area contributed by atoms with E-state index in [4.69, 9.17) is 14.2 Å². The Morgan fingerprint density at radius 2 is 2.00 bits per heavy atom. The van der Waals surface area contributed by atoms with Crippen molar-refractivity contribution in [1.29, 1.82) is 0 Å². The number of ether oxygens (including phenoxy) is 3. The van der Waals surface area contributed by atoms with Gasteiger partial charge in [0.1, 0.15) is 17.9 Å². The van der Waals surface area contributed by atoms with Gasteiger partial charge in [-0.2, -0.15) is 0 Å². The molecule has 0 N–H and O–H groups in total. The van der Waals surface area contributed by atoms with E-state index >= 15 is 0 Å². The van der Waals surface area contributed by atoms with Gasteiger partial charge in [0, 0.05) is 25.8 Å². The molecule has 3 aliphatic rings. The van der Waals surface area contributed by atoms with Crippen LogP contribution in [0.3, 0.4) is 0 Å². The largest absolute Gasteiger partial charge is 0.454 e. The number of fused-ring (bicyclic) bond motifs is 2. The van der Waals surface area contributed by atoms with Crippen molar-refractivity contribution < 1.29 is 14.2 Å². The summed E-state index contributed by atoms with van der Waals surface area (Å²) in [4.78, 5) is 6.88. The summed E-state index contributed by atoms with van der Waals surface area (Å²) in [5.41, 5.74) is 1.86. The quantitative estimate of drug-likeness (QED) is 0.678. The first-order chi connectivity index (χ1) is 14.3. The number of rotatable bonds is 3. The third-order valence-corrected chi connectivity index (χ3v) is 5.91. The molecule has 3 aromatic rings. The summed E-state index contributed by atoms with van der Waals surface area (Å²) in [5.74, 6) is 3.34. The molecule has 0 saturated carbocycles. The highest BCUT2D eigenvalue weighted by Gasteiger charge is 2.43. The molecule has 3 aliphatic heterocycles. The van der Waals surface area contributed by atoms with Crippen molar-refractivity contribution in [2.75, 3.05) is 19.9 Å². The van der Waals surface area contributed by atoms with E-state index in [0.29, 0.717) is 13.4 Å². The molecule has 1 fully saturated rings. The lowest BCUT2D eigenvalue weighted by Crippen LogP contribution is -2.44. The second kappa shape index (κ2) is 6.53. The Morgan fingerprint density at radius 1 is 1.03 bits per heavy atom. The SMILES string of the molecule is c1ccc(-c2nnc3n2CC2(CCN(Cc4ccc5c(c4)OCO5)C2)OC3)nc1. The maximum atomic E-state index is 6.31. The van der Waals surface area contributed by atoms with Gasteiger partial charge in [-0.05, 0) is 36.2 Å². The topological polar surface area (TPSA) is 74.5 Å². The first kappa shape index (κ1) is 16.9. The molecular weight excluding hydrogens is 370 g/mol. The average Bonchev–Trinajstić information content (AvgIpc) is 3.47. The fourth-order valence-electron chi connectivity index (χ4n) is 4.45. The van der Waals surface area contributed by atoms with Gasteiger partial charge < -0.3 is 18.8 Å². The summed E-state index contributed by atoms with van der Waals surface area (Å²) in [6.07, 6.45) is 2.77. The van der Waals surface area contributed by atoms with Gasteiger partial charge in [0.15, 0.2) is 23.1 Å². The number of benzene rings is 1. The molecular formula is C21H21N5O3. The van der Waals surface area contributed by atoms with E-state index in [1.807, 2.05) is 24.3 Å². The van der Waals surface area contributed by atoms with Crippen LogP contribution in [0, 0.1) is 0 Å². The summed E-state index contributed by atoms with van der Waals surface area (Å²) < 4.78 is 19.4. The van der Waals surface area contributed by atoms with Crippen molar-refractivity contribution in [2.45, 2.75) is 31.7 Å². The monoisotopic (exact) mass is 391 g/mol. The van der Waals surface area contributed by atoms with Crippen LogP contribution in [-0.4, -0.2) is 50.1 Å². The fraction of sp³-hybridized carbons (Fsp3) is 0.381. The number of hydrogen-bond donors (Lipinski definition) is 0. The maximum absolute atomic E-state index is 6.31. The van der Waals surface area contributed by atoms with E-state index in [1.165, 1.54) is 5.56 Å². The Hall–Kier alpha value is -2.97. The average molecular weight is 391 g/mol. The Morgan fingerprint density at radius 3 is 2.93 bits per heavy atom. The van der Waals surface area contributed by atoms with Crippen LogP contribution in [-0.2, 0) is 24.4 Å². The van der Waals surface area contributed by atoms with Crippen LogP contribution < -0.4 is 9.47 Å². The van der Waals surface area contributed by atoms with Crippen LogP contribution in [0.5, 0.6) is 11.5 Å². The van der Waals surface area contributed by atoms with Gasteiger partial charge in [-0.25, -0.2) is 0 Å². The molecule has 29 heavy (non-hydrogen) atoms. The highest BCUT2D eigenvalue weighted by Crippen LogP contribution is 2.36. The lowest BCUT2D eigenvalue weighted by Gasteiger charge is -2.34. The highest BCUT2D eigenvalue weighted by molar-refractivity contribution is 5.49. The summed E-state index contributed by atoms with van der Waals surface area (Å²) in [6.45, 7) is 4.27. The van der Waals surface area contributed by atoms with E-state index in [9.17, 15) is 0 Å². The molecule has 0 amide bonds. The summed E-state index contributed by atoms with van der Waals surface area (Å²) >= 11 is 0. The zero-order valence-corrected chi connectivity index (χ0v) is 16.0. The zero-order valence-electron chi connectivity index (χ0n) is 16.0. The number of pyridine rings is 1. The third-order valence-electron chi connectivity index (χ3n) is 5.91. The number of likely N-dealkylation sites (tertiary alicyclic amines) is 1. The Kier molecular flexibility index (Phi) is 3.82. The van der Waals surface area contributed by atoms with Crippen molar-refractivity contribution in [1.82, 2.24) is 24.6 Å². The zero-order chi connectivity index (χ0) is 19.3. The van der Waals surface area contributed by atoms with E-state index in [1.54, 1.807) is 6.20 Å². The minimum absolute atomic E-state index is 0.213. The van der Waals surface area contributed by atoms with Gasteiger partial charge in [-0.1, -0.05) is 12.1 Å². The van der Waals surface area contributed by atoms with Crippen LogP contribution in [0.15, 0.2) is 42.6 Å². The van der Waals surface area contributed by atoms with Gasteiger partial charge in [0.05, 0.1) is 6.54 Å². The standard InChI is InChI=1S/C21H21N5O3/c1-2-7-22-16(3-1)20-24-23-19-11-29-21(13-26(19)20)6-8-25(12-21)10-15-4-5-17-18(9-15)28-14-27-17/h1-5,7,9H,6,8,10-14H2. The first-order valence-electron chi connectivity index (χ1n) is 9.86. The molecule has 8 nitrogen and oxygen atoms in total. The minimum atomic E-state index is -0.213. The molecule has 148 valence electrons. The molecule has 1 atom stereocenters. The summed E-state index contributed by atoms with van der Waals surface area (Å²) in [5, 5.41) is 8.69. The van der Waals surface area contributed by atoms with E-state index in [2.05, 4.69) is 36.8 Å². The lowest BCUT2D eigenvalue weighted by molar-refractivity contribution is -0.0821. The van der Waals surface area contributed by atoms with Crippen molar-refractivity contribution in [3.63, 3.8) is 0 Å². The van der Waals surface area contributed by atoms with Gasteiger partial charge in [0.2, 0.25) is 6.79 Å². The number of aromatic nitrogens is 4. The van der Waals surface area contributed by atoms with Gasteiger partial charge >= 0.3 is 0 Å². The van der Waals surface area contributed by atoms with Gasteiger partial charge in [-0.3, -0.25) is 9.88 Å². The summed E-state index contributed by atoms with van der Waals surface area (Å²) in [6, 6.07) is 12.0. The van der Waals surface area contributed by atoms with Gasteiger partial charge in [0.25, 0.3) is 0 Å². The number of nitrogens with zero attached hydrogens (tertiary/aromatic N) is 5. The Balaban J connectivity index is 1.20. The molecule has 0 radical (unpaired) electrons. The van der Waals surface area contributed by atoms with Crippen LogP contribution >= 0.6 is 0 Å². The maximum Gasteiger partial charge on any atom is 0.231 e. The lowest BCUT2D eigenvalue weighted by atomic mass is 10.0. The molecule has 0 bridgehead atoms. The molecule has 2 aromatic heterocycles. The van der Waals surface area contributed by atoms with Crippen LogP contribution in [0.25, 0.3) is 11.5 Å². The fourth-order valence-corrected chi connectivity index (χ4v) is 4.45. The molecule has 6 rings (SSSR count). The van der Waals surface area contributed by atoms with Crippen molar-refractivity contribution in [3.8, 4) is 23.0 Å². The van der Waals surface area contributed by atoms with E-state index in [0.717, 1.165) is 61.4 Å². The van der Waals surface area contributed by atoms with Crippen molar-refractivity contribution in [3.05, 3.63) is 54.0 Å². The predicted octanol–water partition coefficient (Wildman–Crippen LogP) is 2.24. The highest BCUT2D eigenvalue weighted by atomic mass is 16.7. The minimum Gasteiger partial charge on any atom is -0.454 e. The second-order valence-corrected chi connectivity index (χ2v) is 7.86. The van der Waals surface area contributed by atoms with E-state index in [-0.39, 0.29) is 5.60 Å². The number of hydrogen-bond acceptors (Lipinski definition) is 7. The normalized spacial score (nSPS) is 22.9. The Bertz CT molecular complexity index is 1050. The Labute approximate surface area is 168 Å². The second-order valence-electron chi connectivity index (χ2n) is 7.86. The summed E-state index contributed by atoms with van der Waals surface area (Å²) in [7, 11) is 0. The predicted molar refractivity (Wildman–Crippen MR) is 103 cm³/mol. The van der Waals surface area contributed by atoms with Crippen LogP contribution in [0.1, 0.15) is 17.8 Å². The third kappa shape index (κ3) is 2.95. The van der Waals surface area contributed by atoms with Crippen molar-refractivity contribution >= 4 is 0 Å². The smallest absolute Gasteiger partial charge is 0.231 e. The molecule has 5 heterocycles. The molecule has 1 spiro atoms. The molecule has 0 aliphatic carbocycles. The van der Waals surface area contributed by atoms with Gasteiger partial charge in [-0.15, -0.1) is 10.2 Å². The van der Waals surface area contributed by atoms with Crippen LogP contribution in [0.4, 0.5) is 0 Å². The first-order valence-corrected chi connectivity index (χ1v) is 9.86. The molecule has 1 unspecified atom stereocenters. The molecule has 1 saturated heterocycles. The van der Waals surface area contributed by atoms with Crippen LogP contribution in [0.2, 0.25) is 0 Å². The molecule has 1 aromatic carbocycles.